The van der Waals surface area contributed by atoms with E-state index < -0.39 is 0 Å². The monoisotopic (exact) mass is 340 g/mol. The first-order valence-electron chi connectivity index (χ1n) is 7.06. The number of carbonyl (C=O) groups is 1. The van der Waals surface area contributed by atoms with E-state index in [9.17, 15) is 4.79 Å². The highest BCUT2D eigenvalue weighted by molar-refractivity contribution is 9.10. The second kappa shape index (κ2) is 7.09. The zero-order chi connectivity index (χ0) is 14.5. The molecule has 1 heterocycles. The van der Waals surface area contributed by atoms with Crippen molar-refractivity contribution in [1.82, 2.24) is 5.32 Å². The van der Waals surface area contributed by atoms with Gasteiger partial charge in [-0.1, -0.05) is 29.3 Å². The molecule has 5 heteroatoms. The molecule has 0 bridgehead atoms. The van der Waals surface area contributed by atoms with Crippen molar-refractivity contribution in [3.63, 3.8) is 0 Å². The summed E-state index contributed by atoms with van der Waals surface area (Å²) in [5, 5.41) is 2.93. The van der Waals surface area contributed by atoms with Crippen LogP contribution in [0.1, 0.15) is 37.3 Å². The highest BCUT2D eigenvalue weighted by Gasteiger charge is 2.18. The van der Waals surface area contributed by atoms with Crippen molar-refractivity contribution in [2.45, 2.75) is 45.2 Å². The Kier molecular flexibility index (Phi) is 5.43. The van der Waals surface area contributed by atoms with E-state index in [-0.39, 0.29) is 11.9 Å². The van der Waals surface area contributed by atoms with Crippen LogP contribution in [0.15, 0.2) is 16.6 Å². The topological polar surface area (TPSA) is 64.4 Å². The number of benzene rings is 1. The lowest BCUT2D eigenvalue weighted by Gasteiger charge is -2.12. The fraction of sp³-hybridized carbons (Fsp3) is 0.533. The van der Waals surface area contributed by atoms with Gasteiger partial charge in [0.1, 0.15) is 5.75 Å². The van der Waals surface area contributed by atoms with Crippen molar-refractivity contribution < 1.29 is 9.53 Å². The van der Waals surface area contributed by atoms with Crippen molar-refractivity contribution in [2.24, 2.45) is 5.73 Å². The Hall–Kier alpha value is -1.07. The highest BCUT2D eigenvalue weighted by atomic mass is 79.9. The SMILES string of the molecule is CCCC(N)CC(=O)NCc1cc(Br)cc2c1OCC2. The number of carbonyl (C=O) groups excluding carboxylic acids is 1. The molecule has 0 fully saturated rings. The van der Waals surface area contributed by atoms with E-state index in [1.165, 1.54) is 5.56 Å². The van der Waals surface area contributed by atoms with Crippen LogP contribution in [0, 0.1) is 0 Å². The van der Waals surface area contributed by atoms with Crippen LogP contribution in [0.4, 0.5) is 0 Å². The molecular weight excluding hydrogens is 320 g/mol. The quantitative estimate of drug-likeness (QED) is 0.836. The van der Waals surface area contributed by atoms with E-state index in [4.69, 9.17) is 10.5 Å². The fourth-order valence-corrected chi connectivity index (χ4v) is 3.01. The van der Waals surface area contributed by atoms with Gasteiger partial charge in [-0.25, -0.2) is 0 Å². The smallest absolute Gasteiger partial charge is 0.221 e. The number of rotatable bonds is 6. The molecule has 0 spiro atoms. The third kappa shape index (κ3) is 3.96. The number of nitrogens with two attached hydrogens (primary N) is 1. The minimum Gasteiger partial charge on any atom is -0.493 e. The van der Waals surface area contributed by atoms with Crippen LogP contribution in [0.5, 0.6) is 5.75 Å². The van der Waals surface area contributed by atoms with E-state index in [0.717, 1.165) is 35.0 Å². The second-order valence-electron chi connectivity index (χ2n) is 5.18. The standard InChI is InChI=1S/C15H21BrN2O2/c1-2-3-13(17)8-14(19)18-9-11-7-12(16)6-10-4-5-20-15(10)11/h6-7,13H,2-5,8-9,17H2,1H3,(H,18,19). The van der Waals surface area contributed by atoms with Gasteiger partial charge in [-0.15, -0.1) is 0 Å². The number of halogens is 1. The van der Waals surface area contributed by atoms with E-state index in [1.807, 2.05) is 6.07 Å². The minimum atomic E-state index is -0.0514. The summed E-state index contributed by atoms with van der Waals surface area (Å²) >= 11 is 3.50. The van der Waals surface area contributed by atoms with Gasteiger partial charge in [0.15, 0.2) is 0 Å². The van der Waals surface area contributed by atoms with Crippen LogP contribution in [0.2, 0.25) is 0 Å². The van der Waals surface area contributed by atoms with Crippen LogP contribution >= 0.6 is 15.9 Å². The van der Waals surface area contributed by atoms with Gasteiger partial charge in [-0.2, -0.15) is 0 Å². The number of hydrogen-bond donors (Lipinski definition) is 2. The summed E-state index contributed by atoms with van der Waals surface area (Å²) in [5.41, 5.74) is 8.09. The van der Waals surface area contributed by atoms with Gasteiger partial charge < -0.3 is 15.8 Å². The Balaban J connectivity index is 1.93. The van der Waals surface area contributed by atoms with E-state index in [2.05, 4.69) is 34.2 Å². The summed E-state index contributed by atoms with van der Waals surface area (Å²) in [7, 11) is 0. The largest absolute Gasteiger partial charge is 0.493 e. The van der Waals surface area contributed by atoms with Gasteiger partial charge in [0.2, 0.25) is 5.91 Å². The Morgan fingerprint density at radius 3 is 3.10 bits per heavy atom. The zero-order valence-electron chi connectivity index (χ0n) is 11.7. The Labute approximate surface area is 128 Å². The van der Waals surface area contributed by atoms with E-state index in [0.29, 0.717) is 19.6 Å². The van der Waals surface area contributed by atoms with E-state index >= 15 is 0 Å². The minimum absolute atomic E-state index is 0.00216. The van der Waals surface area contributed by atoms with Gasteiger partial charge in [0.05, 0.1) is 6.61 Å². The molecule has 4 nitrogen and oxygen atoms in total. The molecule has 2 rings (SSSR count). The van der Waals surface area contributed by atoms with Crippen molar-refractivity contribution in [3.8, 4) is 5.75 Å². The molecule has 0 saturated heterocycles. The van der Waals surface area contributed by atoms with Crippen molar-refractivity contribution in [1.29, 1.82) is 0 Å². The highest BCUT2D eigenvalue weighted by Crippen LogP contribution is 2.32. The first-order chi connectivity index (χ1) is 9.60. The number of hydrogen-bond acceptors (Lipinski definition) is 3. The van der Waals surface area contributed by atoms with Gasteiger partial charge in [0, 0.05) is 35.5 Å². The average molecular weight is 341 g/mol. The van der Waals surface area contributed by atoms with Crippen LogP contribution in [0.3, 0.4) is 0 Å². The Bertz CT molecular complexity index is 491. The predicted molar refractivity (Wildman–Crippen MR) is 82.7 cm³/mol. The maximum Gasteiger partial charge on any atom is 0.221 e. The van der Waals surface area contributed by atoms with E-state index in [1.54, 1.807) is 0 Å². The summed E-state index contributed by atoms with van der Waals surface area (Å²) in [5.74, 6) is 0.920. The number of nitrogens with one attached hydrogen (secondary N) is 1. The van der Waals surface area contributed by atoms with Gasteiger partial charge in [-0.05, 0) is 24.1 Å². The van der Waals surface area contributed by atoms with Gasteiger partial charge in [-0.3, -0.25) is 4.79 Å². The second-order valence-corrected chi connectivity index (χ2v) is 6.10. The van der Waals surface area contributed by atoms with Gasteiger partial charge in [0.25, 0.3) is 0 Å². The molecule has 3 N–H and O–H groups in total. The van der Waals surface area contributed by atoms with Crippen LogP contribution in [-0.4, -0.2) is 18.6 Å². The normalized spacial score (nSPS) is 14.6. The molecule has 0 radical (unpaired) electrons. The summed E-state index contributed by atoms with van der Waals surface area (Å²) in [6, 6.07) is 4.02. The molecule has 1 aliphatic rings. The molecule has 0 aromatic heterocycles. The molecule has 1 aromatic carbocycles. The molecular formula is C15H21BrN2O2. The molecule has 0 aliphatic carbocycles. The Morgan fingerprint density at radius 1 is 1.55 bits per heavy atom. The molecule has 1 amide bonds. The Morgan fingerprint density at radius 2 is 2.35 bits per heavy atom. The number of ether oxygens (including phenoxy) is 1. The zero-order valence-corrected chi connectivity index (χ0v) is 13.3. The lowest BCUT2D eigenvalue weighted by molar-refractivity contribution is -0.121. The lowest BCUT2D eigenvalue weighted by atomic mass is 10.1. The van der Waals surface area contributed by atoms with Gasteiger partial charge >= 0.3 is 0 Å². The first-order valence-corrected chi connectivity index (χ1v) is 7.85. The summed E-state index contributed by atoms with van der Waals surface area (Å²) in [6.07, 6.45) is 3.19. The number of fused-ring (bicyclic) bond motifs is 1. The fourth-order valence-electron chi connectivity index (χ4n) is 2.45. The predicted octanol–water partition coefficient (Wildman–Crippen LogP) is 2.52. The number of amides is 1. The van der Waals surface area contributed by atoms with Crippen molar-refractivity contribution >= 4 is 21.8 Å². The molecule has 1 aromatic rings. The van der Waals surface area contributed by atoms with Crippen molar-refractivity contribution in [3.05, 3.63) is 27.7 Å². The van der Waals surface area contributed by atoms with Crippen LogP contribution in [0.25, 0.3) is 0 Å². The third-order valence-electron chi connectivity index (χ3n) is 3.41. The molecule has 1 atom stereocenters. The molecule has 1 unspecified atom stereocenters. The third-order valence-corrected chi connectivity index (χ3v) is 3.87. The lowest BCUT2D eigenvalue weighted by Crippen LogP contribution is -2.31. The molecule has 20 heavy (non-hydrogen) atoms. The average Bonchev–Trinajstić information content (AvgIpc) is 2.84. The molecule has 110 valence electrons. The van der Waals surface area contributed by atoms with Crippen LogP contribution < -0.4 is 15.8 Å². The summed E-state index contributed by atoms with van der Waals surface area (Å²) in [4.78, 5) is 11.8. The van der Waals surface area contributed by atoms with Crippen LogP contribution in [-0.2, 0) is 17.8 Å². The molecule has 1 aliphatic heterocycles. The van der Waals surface area contributed by atoms with Crippen molar-refractivity contribution in [2.75, 3.05) is 6.61 Å². The molecule has 0 saturated carbocycles. The summed E-state index contributed by atoms with van der Waals surface area (Å²) in [6.45, 7) is 3.27. The maximum atomic E-state index is 11.8. The summed E-state index contributed by atoms with van der Waals surface area (Å²) < 4.78 is 6.66. The maximum absolute atomic E-state index is 11.8. The first kappa shape index (κ1) is 15.3.